The summed E-state index contributed by atoms with van der Waals surface area (Å²) in [6, 6.07) is 8.92. The van der Waals surface area contributed by atoms with E-state index in [0.29, 0.717) is 6.04 Å². The van der Waals surface area contributed by atoms with E-state index < -0.39 is 0 Å². The fourth-order valence-electron chi connectivity index (χ4n) is 2.59. The van der Waals surface area contributed by atoms with Gasteiger partial charge in [-0.25, -0.2) is 0 Å². The Hall–Kier alpha value is -1.06. The van der Waals surface area contributed by atoms with Crippen LogP contribution in [0.5, 0.6) is 5.75 Å². The average Bonchev–Trinajstić information content (AvgIpc) is 2.46. The van der Waals surface area contributed by atoms with Gasteiger partial charge in [0.2, 0.25) is 0 Å². The molecule has 1 aromatic carbocycles. The highest BCUT2D eigenvalue weighted by Crippen LogP contribution is 2.20. The minimum Gasteiger partial charge on any atom is -0.492 e. The molecule has 0 aromatic heterocycles. The number of hydrogen-bond donors (Lipinski definition) is 1. The number of ether oxygens (including phenoxy) is 1. The van der Waals surface area contributed by atoms with Crippen molar-refractivity contribution in [1.82, 2.24) is 4.90 Å². The normalized spacial score (nSPS) is 22.2. The molecular weight excluding hydrogens is 236 g/mol. The molecular formula is C16H26N2O. The van der Waals surface area contributed by atoms with Gasteiger partial charge in [-0.1, -0.05) is 25.5 Å². The second kappa shape index (κ2) is 6.92. The van der Waals surface area contributed by atoms with Gasteiger partial charge in [-0.05, 0) is 50.6 Å². The van der Waals surface area contributed by atoms with E-state index in [2.05, 4.69) is 31.0 Å². The van der Waals surface area contributed by atoms with Crippen LogP contribution in [-0.2, 0) is 0 Å². The minimum atomic E-state index is 0.138. The Balaban J connectivity index is 1.85. The van der Waals surface area contributed by atoms with Crippen molar-refractivity contribution in [2.24, 2.45) is 5.73 Å². The number of likely N-dealkylation sites (tertiary alicyclic amines) is 1. The van der Waals surface area contributed by atoms with Crippen LogP contribution in [-0.4, -0.2) is 31.1 Å². The summed E-state index contributed by atoms with van der Waals surface area (Å²) in [6.07, 6.45) is 4.85. The lowest BCUT2D eigenvalue weighted by Crippen LogP contribution is -2.40. The predicted molar refractivity (Wildman–Crippen MR) is 79.4 cm³/mol. The number of nitrogens with two attached hydrogens (primary N) is 1. The van der Waals surface area contributed by atoms with Gasteiger partial charge in [0.15, 0.2) is 0 Å². The summed E-state index contributed by atoms with van der Waals surface area (Å²) < 4.78 is 5.90. The van der Waals surface area contributed by atoms with Gasteiger partial charge < -0.3 is 15.4 Å². The molecule has 2 N–H and O–H groups in total. The quantitative estimate of drug-likeness (QED) is 0.886. The van der Waals surface area contributed by atoms with Crippen molar-refractivity contribution in [2.45, 2.75) is 44.7 Å². The third-order valence-corrected chi connectivity index (χ3v) is 4.11. The van der Waals surface area contributed by atoms with Crippen LogP contribution in [0, 0.1) is 0 Å². The molecule has 106 valence electrons. The number of benzene rings is 1. The largest absolute Gasteiger partial charge is 0.492 e. The minimum absolute atomic E-state index is 0.138. The standard InChI is InChI=1S/C16H26N2O/c1-3-16(17)13-7-9-15(10-8-13)19-12-14-6-4-5-11-18(14)2/h7-10,14,16H,3-6,11-12,17H2,1-2H3/t14?,16-/m0/s1. The fourth-order valence-corrected chi connectivity index (χ4v) is 2.59. The first-order valence-electron chi connectivity index (χ1n) is 7.39. The van der Waals surface area contributed by atoms with Gasteiger partial charge >= 0.3 is 0 Å². The van der Waals surface area contributed by atoms with Gasteiger partial charge in [-0.3, -0.25) is 0 Å². The molecule has 19 heavy (non-hydrogen) atoms. The fraction of sp³-hybridized carbons (Fsp3) is 0.625. The summed E-state index contributed by atoms with van der Waals surface area (Å²) in [4.78, 5) is 2.41. The third-order valence-electron chi connectivity index (χ3n) is 4.11. The Bertz CT molecular complexity index is 377. The van der Waals surface area contributed by atoms with E-state index in [1.54, 1.807) is 0 Å². The van der Waals surface area contributed by atoms with E-state index in [0.717, 1.165) is 18.8 Å². The second-order valence-corrected chi connectivity index (χ2v) is 5.52. The van der Waals surface area contributed by atoms with Crippen molar-refractivity contribution < 1.29 is 4.74 Å². The van der Waals surface area contributed by atoms with Crippen molar-refractivity contribution in [3.05, 3.63) is 29.8 Å². The Kier molecular flexibility index (Phi) is 5.23. The van der Waals surface area contributed by atoms with Gasteiger partial charge in [-0.2, -0.15) is 0 Å². The molecule has 3 heteroatoms. The van der Waals surface area contributed by atoms with Crippen molar-refractivity contribution >= 4 is 0 Å². The molecule has 0 radical (unpaired) electrons. The average molecular weight is 262 g/mol. The van der Waals surface area contributed by atoms with Crippen LogP contribution in [0.3, 0.4) is 0 Å². The summed E-state index contributed by atoms with van der Waals surface area (Å²) in [5, 5.41) is 0. The summed E-state index contributed by atoms with van der Waals surface area (Å²) in [6.45, 7) is 4.09. The summed E-state index contributed by atoms with van der Waals surface area (Å²) in [5.74, 6) is 0.950. The Morgan fingerprint density at radius 2 is 2.05 bits per heavy atom. The van der Waals surface area contributed by atoms with E-state index in [-0.39, 0.29) is 6.04 Å². The first kappa shape index (κ1) is 14.4. The Labute approximate surface area is 116 Å². The first-order valence-corrected chi connectivity index (χ1v) is 7.39. The Morgan fingerprint density at radius 3 is 2.68 bits per heavy atom. The highest BCUT2D eigenvalue weighted by molar-refractivity contribution is 5.29. The number of likely N-dealkylation sites (N-methyl/N-ethyl adjacent to an activating group) is 1. The maximum absolute atomic E-state index is 6.01. The number of nitrogens with zero attached hydrogens (tertiary/aromatic N) is 1. The van der Waals surface area contributed by atoms with Gasteiger partial charge in [-0.15, -0.1) is 0 Å². The number of rotatable bonds is 5. The molecule has 1 aliphatic rings. The molecule has 0 spiro atoms. The molecule has 1 aliphatic heterocycles. The van der Waals surface area contributed by atoms with Gasteiger partial charge in [0, 0.05) is 12.1 Å². The smallest absolute Gasteiger partial charge is 0.119 e. The monoisotopic (exact) mass is 262 g/mol. The molecule has 1 fully saturated rings. The van der Waals surface area contributed by atoms with Crippen LogP contribution in [0.4, 0.5) is 0 Å². The van der Waals surface area contributed by atoms with Crippen molar-refractivity contribution in [2.75, 3.05) is 20.2 Å². The van der Waals surface area contributed by atoms with Crippen molar-refractivity contribution in [3.63, 3.8) is 0 Å². The zero-order chi connectivity index (χ0) is 13.7. The lowest BCUT2D eigenvalue weighted by atomic mass is 10.0. The van der Waals surface area contributed by atoms with Crippen molar-refractivity contribution in [1.29, 1.82) is 0 Å². The van der Waals surface area contributed by atoms with Crippen LogP contribution in [0.2, 0.25) is 0 Å². The van der Waals surface area contributed by atoms with E-state index >= 15 is 0 Å². The van der Waals surface area contributed by atoms with E-state index in [1.807, 2.05) is 12.1 Å². The second-order valence-electron chi connectivity index (χ2n) is 5.52. The van der Waals surface area contributed by atoms with Crippen LogP contribution in [0.1, 0.15) is 44.2 Å². The first-order chi connectivity index (χ1) is 9.20. The summed E-state index contributed by atoms with van der Waals surface area (Å²) in [7, 11) is 2.19. The van der Waals surface area contributed by atoms with E-state index in [1.165, 1.54) is 31.4 Å². The molecule has 2 atom stereocenters. The molecule has 1 unspecified atom stereocenters. The maximum atomic E-state index is 6.01. The number of piperidine rings is 1. The van der Waals surface area contributed by atoms with Crippen LogP contribution in [0.15, 0.2) is 24.3 Å². The molecule has 1 aromatic rings. The molecule has 0 amide bonds. The van der Waals surface area contributed by atoms with Crippen LogP contribution in [0.25, 0.3) is 0 Å². The zero-order valence-corrected chi connectivity index (χ0v) is 12.1. The SMILES string of the molecule is CC[C@H](N)c1ccc(OCC2CCCCN2C)cc1. The van der Waals surface area contributed by atoms with Gasteiger partial charge in [0.05, 0.1) is 0 Å². The molecule has 1 saturated heterocycles. The summed E-state index contributed by atoms with van der Waals surface area (Å²) >= 11 is 0. The van der Waals surface area contributed by atoms with Crippen LogP contribution < -0.4 is 10.5 Å². The Morgan fingerprint density at radius 1 is 1.32 bits per heavy atom. The van der Waals surface area contributed by atoms with E-state index in [9.17, 15) is 0 Å². The molecule has 1 heterocycles. The summed E-state index contributed by atoms with van der Waals surface area (Å²) in [5.41, 5.74) is 7.19. The molecule has 0 saturated carbocycles. The lowest BCUT2D eigenvalue weighted by Gasteiger charge is -2.32. The van der Waals surface area contributed by atoms with Gasteiger partial charge in [0.1, 0.15) is 12.4 Å². The highest BCUT2D eigenvalue weighted by Gasteiger charge is 2.19. The van der Waals surface area contributed by atoms with E-state index in [4.69, 9.17) is 10.5 Å². The molecule has 0 bridgehead atoms. The topological polar surface area (TPSA) is 38.5 Å². The van der Waals surface area contributed by atoms with Crippen LogP contribution >= 0.6 is 0 Å². The maximum Gasteiger partial charge on any atom is 0.119 e. The van der Waals surface area contributed by atoms with Gasteiger partial charge in [0.25, 0.3) is 0 Å². The lowest BCUT2D eigenvalue weighted by molar-refractivity contribution is 0.125. The zero-order valence-electron chi connectivity index (χ0n) is 12.1. The number of hydrogen-bond acceptors (Lipinski definition) is 3. The van der Waals surface area contributed by atoms with Crippen molar-refractivity contribution in [3.8, 4) is 5.75 Å². The molecule has 2 rings (SSSR count). The predicted octanol–water partition coefficient (Wildman–Crippen LogP) is 2.96. The molecule has 3 nitrogen and oxygen atoms in total. The third kappa shape index (κ3) is 3.95. The molecule has 0 aliphatic carbocycles. The highest BCUT2D eigenvalue weighted by atomic mass is 16.5.